The maximum absolute atomic E-state index is 13.0. The van der Waals surface area contributed by atoms with Crippen LogP contribution in [0.5, 0.6) is 0 Å². The number of esters is 1. The molecular weight excluding hydrogens is 357 g/mol. The zero-order valence-electron chi connectivity index (χ0n) is 14.7. The lowest BCUT2D eigenvalue weighted by atomic mass is 9.86. The Hall–Kier alpha value is -2.40. The Morgan fingerprint density at radius 3 is 2.50 bits per heavy atom. The van der Waals surface area contributed by atoms with E-state index in [1.807, 2.05) is 44.2 Å². The summed E-state index contributed by atoms with van der Waals surface area (Å²) >= 11 is 5.86. The third kappa shape index (κ3) is 5.30. The number of nitrogens with one attached hydrogen (secondary N) is 1. The van der Waals surface area contributed by atoms with Gasteiger partial charge in [-0.1, -0.05) is 62.2 Å². The van der Waals surface area contributed by atoms with Crippen LogP contribution in [0.1, 0.15) is 31.7 Å². The van der Waals surface area contributed by atoms with Crippen LogP contribution in [-0.4, -0.2) is 18.5 Å². The molecule has 0 aliphatic heterocycles. The van der Waals surface area contributed by atoms with Crippen molar-refractivity contribution in [3.8, 4) is 0 Å². The molecule has 0 spiro atoms. The number of ether oxygens (including phenoxy) is 1. The summed E-state index contributed by atoms with van der Waals surface area (Å²) in [7, 11) is 0. The van der Waals surface area contributed by atoms with Crippen LogP contribution in [0, 0.1) is 11.7 Å². The molecule has 0 aliphatic carbocycles. The van der Waals surface area contributed by atoms with Crippen molar-refractivity contribution in [2.75, 3.05) is 11.9 Å². The first-order chi connectivity index (χ1) is 12.4. The number of carbonyl (C=O) groups excluding carboxylic acids is 2. The Morgan fingerprint density at radius 2 is 1.88 bits per heavy atom. The Bertz CT molecular complexity index is 767. The van der Waals surface area contributed by atoms with Gasteiger partial charge in [0.2, 0.25) is 0 Å². The van der Waals surface area contributed by atoms with Gasteiger partial charge in [0.1, 0.15) is 5.82 Å². The summed E-state index contributed by atoms with van der Waals surface area (Å²) in [5.41, 5.74) is 1.12. The number of hydrogen-bond donors (Lipinski definition) is 1. The van der Waals surface area contributed by atoms with Gasteiger partial charge in [-0.05, 0) is 29.7 Å². The molecule has 4 nitrogen and oxygen atoms in total. The van der Waals surface area contributed by atoms with E-state index in [-0.39, 0.29) is 16.6 Å². The highest BCUT2D eigenvalue weighted by Gasteiger charge is 2.27. The van der Waals surface area contributed by atoms with E-state index < -0.39 is 30.2 Å². The molecule has 2 rings (SSSR count). The average Bonchev–Trinajstić information content (AvgIpc) is 2.63. The van der Waals surface area contributed by atoms with Crippen LogP contribution in [0.3, 0.4) is 0 Å². The van der Waals surface area contributed by atoms with Crippen molar-refractivity contribution in [2.45, 2.75) is 26.2 Å². The molecule has 0 aromatic heterocycles. The van der Waals surface area contributed by atoms with E-state index in [9.17, 15) is 14.0 Å². The summed E-state index contributed by atoms with van der Waals surface area (Å²) in [6.45, 7) is 3.53. The number of halogens is 2. The van der Waals surface area contributed by atoms with Gasteiger partial charge in [0.05, 0.1) is 16.6 Å². The fourth-order valence-electron chi connectivity index (χ4n) is 2.60. The van der Waals surface area contributed by atoms with E-state index in [4.69, 9.17) is 16.3 Å². The van der Waals surface area contributed by atoms with Crippen LogP contribution >= 0.6 is 11.6 Å². The van der Waals surface area contributed by atoms with Gasteiger partial charge in [0.25, 0.3) is 5.91 Å². The van der Waals surface area contributed by atoms with Crippen LogP contribution < -0.4 is 5.32 Å². The molecule has 2 atom stereocenters. The van der Waals surface area contributed by atoms with Crippen molar-refractivity contribution in [2.24, 2.45) is 5.92 Å². The van der Waals surface area contributed by atoms with Crippen LogP contribution in [0.2, 0.25) is 5.02 Å². The van der Waals surface area contributed by atoms with Crippen molar-refractivity contribution < 1.29 is 18.7 Å². The quantitative estimate of drug-likeness (QED) is 0.706. The number of hydrogen-bond acceptors (Lipinski definition) is 3. The standard InChI is InChI=1S/C20H21ClFNO3/c1-3-13(2)19(14-7-5-4-6-8-14)20(25)26-12-18(24)23-17-10-9-15(22)11-16(17)21/h4-11,13,19H,3,12H2,1-2H3,(H,23,24)/t13-,19-/m0/s1. The second kappa shape index (κ2) is 9.34. The van der Waals surface area contributed by atoms with Crippen LogP contribution in [-0.2, 0) is 14.3 Å². The maximum atomic E-state index is 13.0. The summed E-state index contributed by atoms with van der Waals surface area (Å²) in [6.07, 6.45) is 0.798. The van der Waals surface area contributed by atoms with Crippen molar-refractivity contribution >= 4 is 29.2 Å². The lowest BCUT2D eigenvalue weighted by Gasteiger charge is -2.21. The topological polar surface area (TPSA) is 55.4 Å². The van der Waals surface area contributed by atoms with Gasteiger partial charge >= 0.3 is 5.97 Å². The van der Waals surface area contributed by atoms with Crippen molar-refractivity contribution in [3.63, 3.8) is 0 Å². The first-order valence-corrected chi connectivity index (χ1v) is 8.76. The zero-order valence-corrected chi connectivity index (χ0v) is 15.4. The third-order valence-corrected chi connectivity index (χ3v) is 4.49. The summed E-state index contributed by atoms with van der Waals surface area (Å²) in [5, 5.41) is 2.58. The molecule has 0 saturated carbocycles. The van der Waals surface area contributed by atoms with E-state index in [0.29, 0.717) is 0 Å². The molecule has 2 aromatic carbocycles. The fourth-order valence-corrected chi connectivity index (χ4v) is 2.81. The Balaban J connectivity index is 1.99. The molecule has 0 saturated heterocycles. The molecule has 1 N–H and O–H groups in total. The summed E-state index contributed by atoms with van der Waals surface area (Å²) in [4.78, 5) is 24.5. The Kier molecular flexibility index (Phi) is 7.16. The van der Waals surface area contributed by atoms with Crippen LogP contribution in [0.25, 0.3) is 0 Å². The molecule has 0 radical (unpaired) electrons. The minimum atomic E-state index is -0.539. The molecule has 0 unspecified atom stereocenters. The van der Waals surface area contributed by atoms with Gasteiger partial charge in [0, 0.05) is 0 Å². The van der Waals surface area contributed by atoms with Gasteiger partial charge < -0.3 is 10.1 Å². The third-order valence-electron chi connectivity index (χ3n) is 4.18. The summed E-state index contributed by atoms with van der Waals surface area (Å²) in [6, 6.07) is 13.0. The number of amides is 1. The SMILES string of the molecule is CC[C@H](C)[C@H](C(=O)OCC(=O)Nc1ccc(F)cc1Cl)c1ccccc1. The molecule has 6 heteroatoms. The maximum Gasteiger partial charge on any atom is 0.314 e. The Morgan fingerprint density at radius 1 is 1.19 bits per heavy atom. The van der Waals surface area contributed by atoms with Crippen LogP contribution in [0.4, 0.5) is 10.1 Å². The first-order valence-electron chi connectivity index (χ1n) is 8.38. The lowest BCUT2D eigenvalue weighted by molar-refractivity contribution is -0.150. The highest BCUT2D eigenvalue weighted by atomic mass is 35.5. The normalized spacial score (nSPS) is 12.9. The van der Waals surface area contributed by atoms with Gasteiger partial charge in [-0.2, -0.15) is 0 Å². The molecule has 138 valence electrons. The number of rotatable bonds is 7. The minimum absolute atomic E-state index is 0.0690. The van der Waals surface area contributed by atoms with Gasteiger partial charge in [0.15, 0.2) is 6.61 Å². The highest BCUT2D eigenvalue weighted by Crippen LogP contribution is 2.28. The van der Waals surface area contributed by atoms with Crippen molar-refractivity contribution in [3.05, 3.63) is 64.9 Å². The van der Waals surface area contributed by atoms with Gasteiger partial charge in [-0.25, -0.2) is 4.39 Å². The summed E-state index contributed by atoms with van der Waals surface area (Å²) < 4.78 is 18.2. The zero-order chi connectivity index (χ0) is 19.1. The molecule has 0 aliphatic rings. The number of carbonyl (C=O) groups is 2. The second-order valence-corrected chi connectivity index (χ2v) is 6.46. The molecule has 26 heavy (non-hydrogen) atoms. The number of anilines is 1. The van der Waals surface area contributed by atoms with Crippen molar-refractivity contribution in [1.82, 2.24) is 0 Å². The van der Waals surface area contributed by atoms with Gasteiger partial charge in [-0.3, -0.25) is 9.59 Å². The smallest absolute Gasteiger partial charge is 0.314 e. The first kappa shape index (κ1) is 19.9. The predicted octanol–water partition coefficient (Wildman–Crippen LogP) is 4.79. The lowest BCUT2D eigenvalue weighted by Crippen LogP contribution is -2.27. The van der Waals surface area contributed by atoms with E-state index in [2.05, 4.69) is 5.32 Å². The summed E-state index contributed by atoms with van der Waals surface area (Å²) in [5.74, 6) is -1.87. The molecule has 0 heterocycles. The Labute approximate surface area is 157 Å². The van der Waals surface area contributed by atoms with Crippen LogP contribution in [0.15, 0.2) is 48.5 Å². The monoisotopic (exact) mass is 377 g/mol. The van der Waals surface area contributed by atoms with E-state index in [0.717, 1.165) is 18.1 Å². The average molecular weight is 378 g/mol. The number of benzene rings is 2. The molecule has 0 fully saturated rings. The van der Waals surface area contributed by atoms with E-state index >= 15 is 0 Å². The van der Waals surface area contributed by atoms with E-state index in [1.165, 1.54) is 12.1 Å². The predicted molar refractivity (Wildman–Crippen MR) is 99.6 cm³/mol. The highest BCUT2D eigenvalue weighted by molar-refractivity contribution is 6.33. The second-order valence-electron chi connectivity index (χ2n) is 6.05. The minimum Gasteiger partial charge on any atom is -0.455 e. The van der Waals surface area contributed by atoms with Crippen molar-refractivity contribution in [1.29, 1.82) is 0 Å². The largest absolute Gasteiger partial charge is 0.455 e. The fraction of sp³-hybridized carbons (Fsp3) is 0.300. The molecule has 0 bridgehead atoms. The molecular formula is C20H21ClFNO3. The van der Waals surface area contributed by atoms with Gasteiger partial charge in [-0.15, -0.1) is 0 Å². The molecule has 1 amide bonds. The molecule has 2 aromatic rings. The van der Waals surface area contributed by atoms with E-state index in [1.54, 1.807) is 0 Å².